The number of aryl methyl sites for hydroxylation is 3. The number of benzene rings is 1. The van der Waals surface area contributed by atoms with Gasteiger partial charge in [0.25, 0.3) is 5.91 Å². The Kier molecular flexibility index (Phi) is 5.59. The van der Waals surface area contributed by atoms with E-state index in [0.29, 0.717) is 5.69 Å². The first-order chi connectivity index (χ1) is 12.9. The van der Waals surface area contributed by atoms with E-state index >= 15 is 0 Å². The van der Waals surface area contributed by atoms with Crippen molar-refractivity contribution in [1.82, 2.24) is 24.9 Å². The van der Waals surface area contributed by atoms with Gasteiger partial charge in [-0.15, -0.1) is 0 Å². The van der Waals surface area contributed by atoms with Gasteiger partial charge < -0.3 is 10.1 Å². The molecule has 2 heterocycles. The summed E-state index contributed by atoms with van der Waals surface area (Å²) in [5.41, 5.74) is 3.46. The lowest BCUT2D eigenvalue weighted by Crippen LogP contribution is -2.27. The largest absolute Gasteiger partial charge is 0.471 e. The summed E-state index contributed by atoms with van der Waals surface area (Å²) in [6, 6.07) is 9.43. The maximum absolute atomic E-state index is 12.4. The van der Waals surface area contributed by atoms with Crippen LogP contribution in [0.3, 0.4) is 0 Å². The fourth-order valence-corrected chi connectivity index (χ4v) is 2.84. The van der Waals surface area contributed by atoms with Crippen LogP contribution in [-0.4, -0.2) is 25.5 Å². The molecule has 0 spiro atoms. The van der Waals surface area contributed by atoms with E-state index in [1.807, 2.05) is 56.8 Å². The molecule has 0 radical (unpaired) electrons. The minimum Gasteiger partial charge on any atom is -0.471 e. The third kappa shape index (κ3) is 4.75. The lowest BCUT2D eigenvalue weighted by molar-refractivity contribution is 0.0932. The average molecular weight is 367 g/mol. The molecule has 3 aromatic rings. The van der Waals surface area contributed by atoms with Crippen molar-refractivity contribution in [3.8, 4) is 5.75 Å². The van der Waals surface area contributed by atoms with Crippen molar-refractivity contribution in [2.75, 3.05) is 0 Å². The van der Waals surface area contributed by atoms with Gasteiger partial charge in [-0.25, -0.2) is 4.68 Å². The molecule has 3 rings (SSSR count). The van der Waals surface area contributed by atoms with Gasteiger partial charge in [-0.05, 0) is 63.1 Å². The van der Waals surface area contributed by atoms with Crippen LogP contribution in [0.15, 0.2) is 42.7 Å². The first-order valence-corrected chi connectivity index (χ1v) is 9.03. The smallest absolute Gasteiger partial charge is 0.272 e. The van der Waals surface area contributed by atoms with E-state index in [0.717, 1.165) is 29.1 Å². The first kappa shape index (κ1) is 18.7. The molecule has 1 unspecified atom stereocenters. The Balaban J connectivity index is 1.58. The van der Waals surface area contributed by atoms with Crippen LogP contribution < -0.4 is 10.1 Å². The number of carbonyl (C=O) groups excluding carboxylic acids is 1. The van der Waals surface area contributed by atoms with Gasteiger partial charge in [0.05, 0.1) is 11.7 Å². The Bertz CT molecular complexity index is 908. The molecule has 142 valence electrons. The second kappa shape index (κ2) is 8.07. The van der Waals surface area contributed by atoms with Crippen molar-refractivity contribution >= 4 is 5.91 Å². The summed E-state index contributed by atoms with van der Waals surface area (Å²) in [4.78, 5) is 12.4. The van der Waals surface area contributed by atoms with E-state index in [4.69, 9.17) is 4.74 Å². The molecule has 1 atom stereocenters. The Labute approximate surface area is 159 Å². The number of carbonyl (C=O) groups is 1. The van der Waals surface area contributed by atoms with Gasteiger partial charge in [-0.1, -0.05) is 6.07 Å². The molecule has 1 N–H and O–H groups in total. The highest BCUT2D eigenvalue weighted by atomic mass is 16.5. The van der Waals surface area contributed by atoms with E-state index in [9.17, 15) is 4.79 Å². The Morgan fingerprint density at radius 2 is 1.81 bits per heavy atom. The number of nitrogens with zero attached hydrogens (tertiary/aromatic N) is 4. The maximum atomic E-state index is 12.4. The minimum absolute atomic E-state index is 0.193. The van der Waals surface area contributed by atoms with Gasteiger partial charge in [0.1, 0.15) is 11.4 Å². The van der Waals surface area contributed by atoms with Crippen molar-refractivity contribution in [3.63, 3.8) is 0 Å². The summed E-state index contributed by atoms with van der Waals surface area (Å²) in [6.07, 6.45) is 3.63. The SMILES string of the molecule is CCn1ccc(C(C)NC(=O)c2ccn(COc3cc(C)cc(C)c3)n2)n1. The third-order valence-electron chi connectivity index (χ3n) is 4.21. The molecule has 0 aliphatic carbocycles. The van der Waals surface area contributed by atoms with Crippen LogP contribution in [0.2, 0.25) is 0 Å². The number of hydrogen-bond donors (Lipinski definition) is 1. The topological polar surface area (TPSA) is 74.0 Å². The van der Waals surface area contributed by atoms with Crippen LogP contribution in [0.1, 0.15) is 47.2 Å². The van der Waals surface area contributed by atoms with Crippen molar-refractivity contribution in [2.24, 2.45) is 0 Å². The summed E-state index contributed by atoms with van der Waals surface area (Å²) in [5, 5.41) is 11.6. The quantitative estimate of drug-likeness (QED) is 0.696. The summed E-state index contributed by atoms with van der Waals surface area (Å²) >= 11 is 0. The number of amides is 1. The zero-order valence-electron chi connectivity index (χ0n) is 16.1. The maximum Gasteiger partial charge on any atom is 0.272 e. The molecular formula is C20H25N5O2. The summed E-state index contributed by atoms with van der Waals surface area (Å²) in [7, 11) is 0. The summed E-state index contributed by atoms with van der Waals surface area (Å²) < 4.78 is 9.20. The molecular weight excluding hydrogens is 342 g/mol. The molecule has 0 fully saturated rings. The van der Waals surface area contributed by atoms with E-state index in [2.05, 4.69) is 21.6 Å². The number of rotatable bonds is 7. The van der Waals surface area contributed by atoms with Crippen molar-refractivity contribution < 1.29 is 9.53 Å². The zero-order chi connectivity index (χ0) is 19.4. The second-order valence-electron chi connectivity index (χ2n) is 6.63. The fourth-order valence-electron chi connectivity index (χ4n) is 2.84. The van der Waals surface area contributed by atoms with E-state index in [-0.39, 0.29) is 18.7 Å². The Morgan fingerprint density at radius 3 is 2.48 bits per heavy atom. The normalized spacial score (nSPS) is 12.0. The molecule has 1 aromatic carbocycles. The highest BCUT2D eigenvalue weighted by molar-refractivity contribution is 5.92. The van der Waals surface area contributed by atoms with E-state index in [1.165, 1.54) is 0 Å². The van der Waals surface area contributed by atoms with Crippen LogP contribution in [0.25, 0.3) is 0 Å². The van der Waals surface area contributed by atoms with E-state index in [1.54, 1.807) is 16.9 Å². The number of aromatic nitrogens is 4. The summed E-state index contributed by atoms with van der Waals surface area (Å²) in [5.74, 6) is 0.549. The second-order valence-corrected chi connectivity index (χ2v) is 6.63. The molecule has 27 heavy (non-hydrogen) atoms. The highest BCUT2D eigenvalue weighted by Gasteiger charge is 2.15. The van der Waals surface area contributed by atoms with Crippen molar-refractivity contribution in [3.05, 3.63) is 65.2 Å². The third-order valence-corrected chi connectivity index (χ3v) is 4.21. The molecule has 7 heteroatoms. The predicted molar refractivity (Wildman–Crippen MR) is 103 cm³/mol. The van der Waals surface area contributed by atoms with Crippen LogP contribution in [0.5, 0.6) is 5.75 Å². The molecule has 2 aromatic heterocycles. The number of nitrogens with one attached hydrogen (secondary N) is 1. The molecule has 7 nitrogen and oxygen atoms in total. The Morgan fingerprint density at radius 1 is 1.11 bits per heavy atom. The molecule has 0 saturated carbocycles. The average Bonchev–Trinajstić information content (AvgIpc) is 3.28. The predicted octanol–water partition coefficient (Wildman–Crippen LogP) is 3.24. The monoisotopic (exact) mass is 367 g/mol. The molecule has 1 amide bonds. The van der Waals surface area contributed by atoms with E-state index < -0.39 is 0 Å². The van der Waals surface area contributed by atoms with Crippen molar-refractivity contribution in [1.29, 1.82) is 0 Å². The van der Waals surface area contributed by atoms with Gasteiger partial charge in [0, 0.05) is 18.9 Å². The van der Waals surface area contributed by atoms with Gasteiger partial charge in [0.2, 0.25) is 0 Å². The molecule has 0 aliphatic rings. The minimum atomic E-state index is -0.237. The van der Waals surface area contributed by atoms with Gasteiger partial charge in [0.15, 0.2) is 6.73 Å². The van der Waals surface area contributed by atoms with Gasteiger partial charge in [-0.2, -0.15) is 10.2 Å². The number of hydrogen-bond acceptors (Lipinski definition) is 4. The highest BCUT2D eigenvalue weighted by Crippen LogP contribution is 2.16. The van der Waals surface area contributed by atoms with Crippen LogP contribution in [-0.2, 0) is 13.3 Å². The number of ether oxygens (including phenoxy) is 1. The van der Waals surface area contributed by atoms with Crippen LogP contribution in [0.4, 0.5) is 0 Å². The first-order valence-electron chi connectivity index (χ1n) is 9.03. The lowest BCUT2D eigenvalue weighted by atomic mass is 10.1. The fraction of sp³-hybridized carbons (Fsp3) is 0.350. The van der Waals surface area contributed by atoms with Crippen molar-refractivity contribution in [2.45, 2.75) is 47.0 Å². The zero-order valence-corrected chi connectivity index (χ0v) is 16.1. The van der Waals surface area contributed by atoms with Gasteiger partial charge >= 0.3 is 0 Å². The standard InChI is InChI=1S/C20H25N5O2/c1-5-24-8-6-18(22-24)16(4)21-20(26)19-7-9-25(23-19)13-27-17-11-14(2)10-15(3)12-17/h6-12,16H,5,13H2,1-4H3,(H,21,26). The molecule has 0 bridgehead atoms. The lowest BCUT2D eigenvalue weighted by Gasteiger charge is -2.10. The van der Waals surface area contributed by atoms with Crippen LogP contribution >= 0.6 is 0 Å². The van der Waals surface area contributed by atoms with Crippen LogP contribution in [0, 0.1) is 13.8 Å². The Hall–Kier alpha value is -3.09. The molecule has 0 aliphatic heterocycles. The summed E-state index contributed by atoms with van der Waals surface area (Å²) in [6.45, 7) is 9.02. The van der Waals surface area contributed by atoms with Gasteiger partial charge in [-0.3, -0.25) is 9.48 Å². The molecule has 0 saturated heterocycles.